The summed E-state index contributed by atoms with van der Waals surface area (Å²) < 4.78 is 0. The molecule has 2 heteroatoms. The fourth-order valence-corrected chi connectivity index (χ4v) is 2.76. The Morgan fingerprint density at radius 1 is 0.786 bits per heavy atom. The van der Waals surface area contributed by atoms with Crippen LogP contribution >= 0.6 is 0 Å². The van der Waals surface area contributed by atoms with Crippen LogP contribution in [0.4, 0.5) is 0 Å². The molecule has 0 amide bonds. The number of hydrogen-bond donors (Lipinski definition) is 2. The topological polar surface area (TPSA) is 40.5 Å². The highest BCUT2D eigenvalue weighted by molar-refractivity contribution is 5.23. The van der Waals surface area contributed by atoms with Crippen molar-refractivity contribution in [3.63, 3.8) is 0 Å². The summed E-state index contributed by atoms with van der Waals surface area (Å²) in [5.74, 6) is -1.47. The van der Waals surface area contributed by atoms with Gasteiger partial charge in [0, 0.05) is 6.42 Å². The first-order valence-corrected chi connectivity index (χ1v) is 5.86. The lowest BCUT2D eigenvalue weighted by Gasteiger charge is -2.33. The summed E-state index contributed by atoms with van der Waals surface area (Å²) in [6.45, 7) is 0. The van der Waals surface area contributed by atoms with Gasteiger partial charge in [-0.2, -0.15) is 0 Å². The maximum atomic E-state index is 9.88. The lowest BCUT2D eigenvalue weighted by molar-refractivity contribution is -0.143. The molecule has 0 radical (unpaired) electrons. The van der Waals surface area contributed by atoms with Gasteiger partial charge in [0.15, 0.2) is 5.79 Å². The molecular formula is C12H20O2. The molecule has 80 valence electrons. The number of rotatable bonds is 0. The largest absolute Gasteiger partial charge is 0.362 e. The molecule has 0 bridgehead atoms. The zero-order valence-corrected chi connectivity index (χ0v) is 8.76. The van der Waals surface area contributed by atoms with Gasteiger partial charge in [-0.25, -0.2) is 0 Å². The first kappa shape index (κ1) is 10.2. The predicted molar refractivity (Wildman–Crippen MR) is 55.7 cm³/mol. The first-order chi connectivity index (χ1) is 6.70. The van der Waals surface area contributed by atoms with Gasteiger partial charge in [-0.3, -0.25) is 0 Å². The molecular weight excluding hydrogens is 176 g/mol. The highest BCUT2D eigenvalue weighted by Crippen LogP contribution is 2.37. The standard InChI is InChI=1S/C12H20O2/c13-12(14)9-5-4-8-11(12)10-6-2-1-3-7-10/h13-14H,1-9H2. The molecule has 2 rings (SSSR count). The van der Waals surface area contributed by atoms with Gasteiger partial charge in [-0.05, 0) is 50.5 Å². The van der Waals surface area contributed by atoms with Gasteiger partial charge >= 0.3 is 0 Å². The third kappa shape index (κ3) is 2.01. The van der Waals surface area contributed by atoms with Crippen molar-refractivity contribution in [1.29, 1.82) is 0 Å². The lowest BCUT2D eigenvalue weighted by Crippen LogP contribution is -2.34. The Bertz CT molecular complexity index is 233. The Balaban J connectivity index is 2.19. The van der Waals surface area contributed by atoms with Crippen molar-refractivity contribution < 1.29 is 10.2 Å². The second-order valence-corrected chi connectivity index (χ2v) is 4.67. The minimum absolute atomic E-state index is 0.534. The average molecular weight is 196 g/mol. The Morgan fingerprint density at radius 2 is 1.43 bits per heavy atom. The number of hydrogen-bond acceptors (Lipinski definition) is 2. The monoisotopic (exact) mass is 196 g/mol. The van der Waals surface area contributed by atoms with Crippen LogP contribution in [0.25, 0.3) is 0 Å². The van der Waals surface area contributed by atoms with E-state index >= 15 is 0 Å². The van der Waals surface area contributed by atoms with Crippen LogP contribution in [0.2, 0.25) is 0 Å². The fraction of sp³-hybridized carbons (Fsp3) is 0.833. The van der Waals surface area contributed by atoms with E-state index in [1.165, 1.54) is 24.8 Å². The van der Waals surface area contributed by atoms with Crippen molar-refractivity contribution >= 4 is 0 Å². The van der Waals surface area contributed by atoms with E-state index < -0.39 is 5.79 Å². The number of aliphatic hydroxyl groups is 2. The molecule has 0 heterocycles. The molecule has 0 aromatic heterocycles. The maximum Gasteiger partial charge on any atom is 0.185 e. The lowest BCUT2D eigenvalue weighted by atomic mass is 9.81. The van der Waals surface area contributed by atoms with Gasteiger partial charge in [0.2, 0.25) is 0 Å². The molecule has 0 atom stereocenters. The van der Waals surface area contributed by atoms with Crippen molar-refractivity contribution in [3.8, 4) is 0 Å². The second kappa shape index (κ2) is 4.03. The molecule has 2 nitrogen and oxygen atoms in total. The van der Waals surface area contributed by atoms with E-state index in [9.17, 15) is 10.2 Å². The van der Waals surface area contributed by atoms with Crippen molar-refractivity contribution in [2.45, 2.75) is 63.6 Å². The van der Waals surface area contributed by atoms with Crippen molar-refractivity contribution in [1.82, 2.24) is 0 Å². The Hall–Kier alpha value is -0.340. The van der Waals surface area contributed by atoms with Crippen LogP contribution in [0.3, 0.4) is 0 Å². The summed E-state index contributed by atoms with van der Waals surface area (Å²) in [7, 11) is 0. The van der Waals surface area contributed by atoms with E-state index in [1.54, 1.807) is 0 Å². The van der Waals surface area contributed by atoms with Crippen molar-refractivity contribution in [2.75, 3.05) is 0 Å². The van der Waals surface area contributed by atoms with Gasteiger partial charge < -0.3 is 10.2 Å². The smallest absolute Gasteiger partial charge is 0.185 e. The molecule has 0 spiro atoms. The van der Waals surface area contributed by atoms with E-state index in [0.29, 0.717) is 6.42 Å². The van der Waals surface area contributed by atoms with E-state index in [4.69, 9.17) is 0 Å². The summed E-state index contributed by atoms with van der Waals surface area (Å²) in [5, 5.41) is 19.8. The molecule has 0 saturated heterocycles. The van der Waals surface area contributed by atoms with E-state index in [2.05, 4.69) is 0 Å². The summed E-state index contributed by atoms with van der Waals surface area (Å²) in [6, 6.07) is 0. The van der Waals surface area contributed by atoms with Crippen LogP contribution in [0, 0.1) is 0 Å². The zero-order valence-electron chi connectivity index (χ0n) is 8.76. The quantitative estimate of drug-likeness (QED) is 0.461. The van der Waals surface area contributed by atoms with Crippen LogP contribution in [0.5, 0.6) is 0 Å². The molecule has 2 aliphatic rings. The minimum atomic E-state index is -1.47. The summed E-state index contributed by atoms with van der Waals surface area (Å²) in [4.78, 5) is 0. The molecule has 2 saturated carbocycles. The minimum Gasteiger partial charge on any atom is -0.362 e. The highest BCUT2D eigenvalue weighted by atomic mass is 16.5. The highest BCUT2D eigenvalue weighted by Gasteiger charge is 2.33. The Labute approximate surface area is 85.6 Å². The third-order valence-electron chi connectivity index (χ3n) is 3.57. The summed E-state index contributed by atoms with van der Waals surface area (Å²) in [6.07, 6.45) is 9.47. The van der Waals surface area contributed by atoms with E-state index in [1.807, 2.05) is 0 Å². The second-order valence-electron chi connectivity index (χ2n) is 4.67. The molecule has 0 unspecified atom stereocenters. The Kier molecular flexibility index (Phi) is 2.93. The normalized spacial score (nSPS) is 27.9. The van der Waals surface area contributed by atoms with Crippen LogP contribution < -0.4 is 0 Å². The van der Waals surface area contributed by atoms with Crippen molar-refractivity contribution in [3.05, 3.63) is 11.1 Å². The van der Waals surface area contributed by atoms with Gasteiger partial charge in [-0.1, -0.05) is 12.0 Å². The summed E-state index contributed by atoms with van der Waals surface area (Å²) in [5.41, 5.74) is 2.31. The Morgan fingerprint density at radius 3 is 2.07 bits per heavy atom. The van der Waals surface area contributed by atoms with E-state index in [-0.39, 0.29) is 0 Å². The zero-order chi connectivity index (χ0) is 10.0. The van der Waals surface area contributed by atoms with E-state index in [0.717, 1.165) is 37.7 Å². The van der Waals surface area contributed by atoms with Gasteiger partial charge in [0.05, 0.1) is 0 Å². The average Bonchev–Trinajstić information content (AvgIpc) is 2.18. The van der Waals surface area contributed by atoms with Crippen LogP contribution in [-0.4, -0.2) is 16.0 Å². The van der Waals surface area contributed by atoms with Crippen LogP contribution in [0.15, 0.2) is 11.1 Å². The predicted octanol–water partition coefficient (Wildman–Crippen LogP) is 2.50. The molecule has 0 aromatic carbocycles. The molecule has 0 aromatic rings. The maximum absolute atomic E-state index is 9.88. The molecule has 2 N–H and O–H groups in total. The van der Waals surface area contributed by atoms with Gasteiger partial charge in [-0.15, -0.1) is 0 Å². The SMILES string of the molecule is OC1(O)CCCCC1=C1CCCCC1. The van der Waals surface area contributed by atoms with Crippen LogP contribution in [0.1, 0.15) is 57.8 Å². The fourth-order valence-electron chi connectivity index (χ4n) is 2.76. The molecule has 2 aliphatic carbocycles. The number of allylic oxidation sites excluding steroid dienone is 1. The molecule has 2 fully saturated rings. The molecule has 0 aliphatic heterocycles. The summed E-state index contributed by atoms with van der Waals surface area (Å²) >= 11 is 0. The first-order valence-electron chi connectivity index (χ1n) is 5.86. The van der Waals surface area contributed by atoms with Gasteiger partial charge in [0.25, 0.3) is 0 Å². The molecule has 14 heavy (non-hydrogen) atoms. The third-order valence-corrected chi connectivity index (χ3v) is 3.57. The van der Waals surface area contributed by atoms with Gasteiger partial charge in [0.1, 0.15) is 0 Å². The van der Waals surface area contributed by atoms with Crippen molar-refractivity contribution in [2.24, 2.45) is 0 Å². The van der Waals surface area contributed by atoms with Crippen LogP contribution in [-0.2, 0) is 0 Å².